The molecule has 1 aliphatic rings. The Labute approximate surface area is 143 Å². The number of esters is 1. The molecule has 0 saturated heterocycles. The SMILES string of the molecule is COC(=O)c1coc(CN(C(=O)C[C@H](C)CC(C)(C)C)C2CC2)n1. The molecule has 0 N–H and O–H groups in total. The monoisotopic (exact) mass is 336 g/mol. The van der Waals surface area contributed by atoms with Crippen LogP contribution in [0.2, 0.25) is 0 Å². The molecule has 0 spiro atoms. The topological polar surface area (TPSA) is 72.6 Å². The van der Waals surface area contributed by atoms with E-state index in [1.165, 1.54) is 13.4 Å². The van der Waals surface area contributed by atoms with Gasteiger partial charge in [0.1, 0.15) is 6.26 Å². The number of ether oxygens (including phenoxy) is 1. The van der Waals surface area contributed by atoms with E-state index in [9.17, 15) is 9.59 Å². The zero-order chi connectivity index (χ0) is 17.9. The Morgan fingerprint density at radius 3 is 2.62 bits per heavy atom. The highest BCUT2D eigenvalue weighted by Crippen LogP contribution is 2.31. The largest absolute Gasteiger partial charge is 0.464 e. The number of methoxy groups -OCH3 is 1. The minimum absolute atomic E-state index is 0.132. The zero-order valence-corrected chi connectivity index (χ0v) is 15.3. The number of carbonyl (C=O) groups is 2. The average Bonchev–Trinajstić information content (AvgIpc) is 3.20. The first-order valence-electron chi connectivity index (χ1n) is 8.52. The normalized spacial score (nSPS) is 15.9. The summed E-state index contributed by atoms with van der Waals surface area (Å²) in [7, 11) is 1.30. The molecule has 0 bridgehead atoms. The van der Waals surface area contributed by atoms with E-state index < -0.39 is 5.97 Å². The Hall–Kier alpha value is -1.85. The fraction of sp³-hybridized carbons (Fsp3) is 0.722. The second kappa shape index (κ2) is 7.36. The third-order valence-electron chi connectivity index (χ3n) is 4.04. The van der Waals surface area contributed by atoms with Crippen LogP contribution in [0.5, 0.6) is 0 Å². The molecule has 2 rings (SSSR count). The van der Waals surface area contributed by atoms with Gasteiger partial charge in [0, 0.05) is 12.5 Å². The van der Waals surface area contributed by atoms with Crippen molar-refractivity contribution in [2.45, 2.75) is 66.0 Å². The van der Waals surface area contributed by atoms with Gasteiger partial charge in [0.25, 0.3) is 0 Å². The van der Waals surface area contributed by atoms with Gasteiger partial charge in [-0.2, -0.15) is 0 Å². The van der Waals surface area contributed by atoms with Crippen LogP contribution in [0.1, 0.15) is 69.8 Å². The molecule has 134 valence electrons. The van der Waals surface area contributed by atoms with Gasteiger partial charge in [-0.1, -0.05) is 27.7 Å². The third kappa shape index (κ3) is 5.35. The second-order valence-electron chi connectivity index (χ2n) is 7.94. The van der Waals surface area contributed by atoms with Crippen molar-refractivity contribution in [1.82, 2.24) is 9.88 Å². The average molecular weight is 336 g/mol. The smallest absolute Gasteiger partial charge is 0.360 e. The highest BCUT2D eigenvalue weighted by Gasteiger charge is 2.34. The first-order chi connectivity index (χ1) is 11.2. The predicted octanol–water partition coefficient (Wildman–Crippen LogP) is 3.41. The van der Waals surface area contributed by atoms with Crippen molar-refractivity contribution in [3.05, 3.63) is 17.8 Å². The van der Waals surface area contributed by atoms with Crippen molar-refractivity contribution < 1.29 is 18.7 Å². The van der Waals surface area contributed by atoms with Gasteiger partial charge in [0.05, 0.1) is 13.7 Å². The number of carbonyl (C=O) groups excluding carboxylic acids is 2. The summed E-state index contributed by atoms with van der Waals surface area (Å²) in [5, 5.41) is 0. The molecular weight excluding hydrogens is 308 g/mol. The molecular formula is C18H28N2O4. The van der Waals surface area contributed by atoms with Gasteiger partial charge in [-0.3, -0.25) is 4.79 Å². The minimum Gasteiger partial charge on any atom is -0.464 e. The molecule has 1 heterocycles. The molecule has 6 heteroatoms. The Morgan fingerprint density at radius 1 is 1.42 bits per heavy atom. The van der Waals surface area contributed by atoms with Gasteiger partial charge in [-0.15, -0.1) is 0 Å². The van der Waals surface area contributed by atoms with Crippen LogP contribution in [0.3, 0.4) is 0 Å². The lowest BCUT2D eigenvalue weighted by Crippen LogP contribution is -2.34. The van der Waals surface area contributed by atoms with Crippen molar-refractivity contribution in [3.63, 3.8) is 0 Å². The number of hydrogen-bond acceptors (Lipinski definition) is 5. The van der Waals surface area contributed by atoms with Crippen LogP contribution in [0.4, 0.5) is 0 Å². The van der Waals surface area contributed by atoms with Crippen molar-refractivity contribution in [3.8, 4) is 0 Å². The molecule has 1 fully saturated rings. The zero-order valence-electron chi connectivity index (χ0n) is 15.3. The fourth-order valence-corrected chi connectivity index (χ4v) is 3.07. The van der Waals surface area contributed by atoms with Gasteiger partial charge in [-0.05, 0) is 30.6 Å². The molecule has 0 aliphatic heterocycles. The van der Waals surface area contributed by atoms with Gasteiger partial charge in [0.2, 0.25) is 11.8 Å². The maximum absolute atomic E-state index is 12.7. The molecule has 1 amide bonds. The number of aromatic nitrogens is 1. The van der Waals surface area contributed by atoms with Crippen molar-refractivity contribution in [2.75, 3.05) is 7.11 Å². The van der Waals surface area contributed by atoms with Gasteiger partial charge in [0.15, 0.2) is 5.69 Å². The molecule has 1 atom stereocenters. The number of nitrogens with zero attached hydrogens (tertiary/aromatic N) is 2. The molecule has 1 aromatic rings. The van der Waals surface area contributed by atoms with Crippen molar-refractivity contribution >= 4 is 11.9 Å². The maximum atomic E-state index is 12.7. The van der Waals surface area contributed by atoms with Gasteiger partial charge < -0.3 is 14.1 Å². The first kappa shape index (κ1) is 18.5. The van der Waals surface area contributed by atoms with Crippen LogP contribution in [-0.2, 0) is 16.1 Å². The van der Waals surface area contributed by atoms with Gasteiger partial charge in [-0.25, -0.2) is 9.78 Å². The first-order valence-corrected chi connectivity index (χ1v) is 8.52. The van der Waals surface area contributed by atoms with Crippen LogP contribution in [0.25, 0.3) is 0 Å². The number of oxazole rings is 1. The van der Waals surface area contributed by atoms with Crippen LogP contribution >= 0.6 is 0 Å². The summed E-state index contributed by atoms with van der Waals surface area (Å²) in [6.45, 7) is 8.99. The summed E-state index contributed by atoms with van der Waals surface area (Å²) in [6, 6.07) is 0.271. The molecule has 1 aromatic heterocycles. The van der Waals surface area contributed by atoms with Gasteiger partial charge >= 0.3 is 5.97 Å². The lowest BCUT2D eigenvalue weighted by molar-refractivity contribution is -0.133. The Kier molecular flexibility index (Phi) is 5.67. The number of amides is 1. The molecule has 1 saturated carbocycles. The maximum Gasteiger partial charge on any atom is 0.360 e. The number of rotatable bonds is 7. The Balaban J connectivity index is 1.98. The van der Waals surface area contributed by atoms with Crippen molar-refractivity contribution in [2.24, 2.45) is 11.3 Å². The lowest BCUT2D eigenvalue weighted by atomic mass is 9.84. The quantitative estimate of drug-likeness (QED) is 0.713. The molecule has 1 aliphatic carbocycles. The molecule has 0 radical (unpaired) electrons. The van der Waals surface area contributed by atoms with E-state index in [0.717, 1.165) is 19.3 Å². The van der Waals surface area contributed by atoms with Crippen LogP contribution in [0, 0.1) is 11.3 Å². The third-order valence-corrected chi connectivity index (χ3v) is 4.04. The van der Waals surface area contributed by atoms with E-state index in [-0.39, 0.29) is 23.1 Å². The summed E-state index contributed by atoms with van der Waals surface area (Å²) in [5.41, 5.74) is 0.346. The Bertz CT molecular complexity index is 584. The molecule has 6 nitrogen and oxygen atoms in total. The molecule has 0 aromatic carbocycles. The van der Waals surface area contributed by atoms with E-state index in [2.05, 4.69) is 37.4 Å². The van der Waals surface area contributed by atoms with Crippen LogP contribution in [-0.4, -0.2) is 34.9 Å². The second-order valence-corrected chi connectivity index (χ2v) is 7.94. The number of hydrogen-bond donors (Lipinski definition) is 0. The summed E-state index contributed by atoms with van der Waals surface area (Å²) < 4.78 is 9.94. The van der Waals surface area contributed by atoms with E-state index in [4.69, 9.17) is 4.42 Å². The predicted molar refractivity (Wildman–Crippen MR) is 89.3 cm³/mol. The molecule has 24 heavy (non-hydrogen) atoms. The lowest BCUT2D eigenvalue weighted by Gasteiger charge is -2.26. The van der Waals surface area contributed by atoms with E-state index in [1.807, 2.05) is 4.90 Å². The van der Waals surface area contributed by atoms with E-state index in [0.29, 0.717) is 24.8 Å². The van der Waals surface area contributed by atoms with E-state index in [1.54, 1.807) is 0 Å². The summed E-state index contributed by atoms with van der Waals surface area (Å²) in [6.07, 6.45) is 4.84. The van der Waals surface area contributed by atoms with Crippen molar-refractivity contribution in [1.29, 1.82) is 0 Å². The minimum atomic E-state index is -0.534. The highest BCUT2D eigenvalue weighted by atomic mass is 16.5. The molecule has 0 unspecified atom stereocenters. The van der Waals surface area contributed by atoms with Crippen LogP contribution in [0.15, 0.2) is 10.7 Å². The standard InChI is InChI=1S/C18H28N2O4/c1-12(9-18(2,3)4)8-16(21)20(13-6-7-13)10-15-19-14(11-24-15)17(22)23-5/h11-13H,6-10H2,1-5H3/t12-/m0/s1. The summed E-state index contributed by atoms with van der Waals surface area (Å²) in [4.78, 5) is 30.1. The fourth-order valence-electron chi connectivity index (χ4n) is 3.07. The van der Waals surface area contributed by atoms with E-state index >= 15 is 0 Å². The summed E-state index contributed by atoms with van der Waals surface area (Å²) >= 11 is 0. The summed E-state index contributed by atoms with van der Waals surface area (Å²) in [5.74, 6) is 0.299. The van der Waals surface area contributed by atoms with Crippen LogP contribution < -0.4 is 0 Å². The highest BCUT2D eigenvalue weighted by molar-refractivity contribution is 5.86. The Morgan fingerprint density at radius 2 is 2.08 bits per heavy atom.